The van der Waals surface area contributed by atoms with Gasteiger partial charge < -0.3 is 15.4 Å². The van der Waals surface area contributed by atoms with Crippen LogP contribution < -0.4 is 15.4 Å². The number of hydrogen-bond acceptors (Lipinski definition) is 3. The number of benzene rings is 2. The van der Waals surface area contributed by atoms with Gasteiger partial charge in [-0.05, 0) is 55.9 Å². The monoisotopic (exact) mass is 394 g/mol. The molecule has 0 amide bonds. The van der Waals surface area contributed by atoms with Crippen LogP contribution in [-0.4, -0.2) is 23.5 Å². The highest BCUT2D eigenvalue weighted by atomic mass is 35.5. The van der Waals surface area contributed by atoms with Crippen molar-refractivity contribution in [3.05, 3.63) is 59.1 Å². The first kappa shape index (κ1) is 19.9. The third-order valence-corrected chi connectivity index (χ3v) is 4.67. The highest BCUT2D eigenvalue weighted by Crippen LogP contribution is 2.19. The number of halogens is 1. The molecule has 25 heavy (non-hydrogen) atoms. The summed E-state index contributed by atoms with van der Waals surface area (Å²) in [6.07, 6.45) is 0.150. The SMILES string of the molecule is CC(C)Oc1cccc(NC(=S)NCCSCc2cccc(Cl)c2)c1. The molecule has 3 nitrogen and oxygen atoms in total. The quantitative estimate of drug-likeness (QED) is 0.466. The molecule has 0 bridgehead atoms. The summed E-state index contributed by atoms with van der Waals surface area (Å²) in [5, 5.41) is 7.81. The van der Waals surface area contributed by atoms with Crippen molar-refractivity contribution in [2.75, 3.05) is 17.6 Å². The van der Waals surface area contributed by atoms with Crippen LogP contribution in [0.4, 0.5) is 5.69 Å². The van der Waals surface area contributed by atoms with Crippen LogP contribution in [0, 0.1) is 0 Å². The maximum absolute atomic E-state index is 5.99. The average Bonchev–Trinajstić information content (AvgIpc) is 2.54. The maximum atomic E-state index is 5.99. The number of thioether (sulfide) groups is 1. The van der Waals surface area contributed by atoms with Crippen molar-refractivity contribution >= 4 is 46.4 Å². The van der Waals surface area contributed by atoms with Crippen LogP contribution in [0.2, 0.25) is 5.02 Å². The molecule has 2 aromatic carbocycles. The van der Waals surface area contributed by atoms with Crippen molar-refractivity contribution in [2.45, 2.75) is 25.7 Å². The largest absolute Gasteiger partial charge is 0.491 e. The minimum atomic E-state index is 0.150. The lowest BCUT2D eigenvalue weighted by Gasteiger charge is -2.13. The standard InChI is InChI=1S/C19H23ClN2OS2/c1-14(2)23-18-8-4-7-17(12-18)22-19(24)21-9-10-25-13-15-5-3-6-16(20)11-15/h3-8,11-12,14H,9-10,13H2,1-2H3,(H2,21,22,24). The van der Waals surface area contributed by atoms with E-state index in [0.29, 0.717) is 5.11 Å². The Balaban J connectivity index is 1.67. The molecular formula is C19H23ClN2OS2. The lowest BCUT2D eigenvalue weighted by molar-refractivity contribution is 0.242. The van der Waals surface area contributed by atoms with E-state index in [2.05, 4.69) is 16.7 Å². The fraction of sp³-hybridized carbons (Fsp3) is 0.316. The van der Waals surface area contributed by atoms with Crippen molar-refractivity contribution in [3.63, 3.8) is 0 Å². The van der Waals surface area contributed by atoms with Crippen molar-refractivity contribution in [3.8, 4) is 5.75 Å². The van der Waals surface area contributed by atoms with E-state index in [1.807, 2.05) is 68.1 Å². The molecular weight excluding hydrogens is 372 g/mol. The van der Waals surface area contributed by atoms with E-state index in [4.69, 9.17) is 28.6 Å². The topological polar surface area (TPSA) is 33.3 Å². The summed E-state index contributed by atoms with van der Waals surface area (Å²) in [5.74, 6) is 2.74. The van der Waals surface area contributed by atoms with Crippen molar-refractivity contribution in [1.29, 1.82) is 0 Å². The van der Waals surface area contributed by atoms with Gasteiger partial charge in [0, 0.05) is 34.8 Å². The zero-order chi connectivity index (χ0) is 18.1. The number of nitrogens with one attached hydrogen (secondary N) is 2. The Labute approximate surface area is 164 Å². The molecule has 0 heterocycles. The van der Waals surface area contributed by atoms with Gasteiger partial charge in [0.25, 0.3) is 0 Å². The van der Waals surface area contributed by atoms with Crippen LogP contribution in [0.1, 0.15) is 19.4 Å². The van der Waals surface area contributed by atoms with Gasteiger partial charge in [0.05, 0.1) is 6.10 Å². The molecule has 0 aliphatic rings. The average molecular weight is 395 g/mol. The third kappa shape index (κ3) is 7.99. The Kier molecular flexibility index (Phi) is 8.38. The van der Waals surface area contributed by atoms with Crippen LogP contribution >= 0.6 is 35.6 Å². The summed E-state index contributed by atoms with van der Waals surface area (Å²) in [6.45, 7) is 4.82. The third-order valence-electron chi connectivity index (χ3n) is 3.15. The molecule has 2 N–H and O–H groups in total. The Morgan fingerprint density at radius 3 is 2.76 bits per heavy atom. The summed E-state index contributed by atoms with van der Waals surface area (Å²) in [5.41, 5.74) is 2.15. The predicted octanol–water partition coefficient (Wildman–Crippen LogP) is 5.35. The zero-order valence-corrected chi connectivity index (χ0v) is 16.8. The predicted molar refractivity (Wildman–Crippen MR) is 114 cm³/mol. The lowest BCUT2D eigenvalue weighted by Crippen LogP contribution is -2.30. The molecule has 0 atom stereocenters. The van der Waals surface area contributed by atoms with Crippen molar-refractivity contribution in [1.82, 2.24) is 5.32 Å². The summed E-state index contributed by atoms with van der Waals surface area (Å²) in [6, 6.07) is 15.8. The van der Waals surface area contributed by atoms with E-state index in [9.17, 15) is 0 Å². The number of hydrogen-bond donors (Lipinski definition) is 2. The number of thiocarbonyl (C=S) groups is 1. The van der Waals surface area contributed by atoms with Gasteiger partial charge in [-0.2, -0.15) is 11.8 Å². The van der Waals surface area contributed by atoms with E-state index < -0.39 is 0 Å². The minimum Gasteiger partial charge on any atom is -0.491 e. The molecule has 0 aliphatic heterocycles. The molecule has 0 unspecified atom stereocenters. The summed E-state index contributed by atoms with van der Waals surface area (Å²) in [4.78, 5) is 0. The molecule has 2 aromatic rings. The Hall–Kier alpha value is -1.43. The molecule has 134 valence electrons. The van der Waals surface area contributed by atoms with Crippen LogP contribution in [0.15, 0.2) is 48.5 Å². The van der Waals surface area contributed by atoms with E-state index in [1.54, 1.807) is 0 Å². The Bertz CT molecular complexity index is 695. The molecule has 0 fully saturated rings. The fourth-order valence-electron chi connectivity index (χ4n) is 2.15. The fourth-order valence-corrected chi connectivity index (χ4v) is 3.39. The second-order valence-electron chi connectivity index (χ2n) is 5.76. The van der Waals surface area contributed by atoms with Gasteiger partial charge in [0.15, 0.2) is 5.11 Å². The molecule has 6 heteroatoms. The first-order valence-corrected chi connectivity index (χ1v) is 10.1. The molecule has 2 rings (SSSR count). The number of rotatable bonds is 8. The van der Waals surface area contributed by atoms with E-state index in [-0.39, 0.29) is 6.10 Å². The van der Waals surface area contributed by atoms with E-state index in [1.165, 1.54) is 5.56 Å². The second-order valence-corrected chi connectivity index (χ2v) is 7.71. The Morgan fingerprint density at radius 2 is 2.00 bits per heavy atom. The minimum absolute atomic E-state index is 0.150. The van der Waals surface area contributed by atoms with E-state index in [0.717, 1.165) is 34.5 Å². The first-order chi connectivity index (χ1) is 12.0. The number of anilines is 1. The summed E-state index contributed by atoms with van der Waals surface area (Å²) >= 11 is 13.2. The van der Waals surface area contributed by atoms with Crippen LogP contribution in [-0.2, 0) is 5.75 Å². The van der Waals surface area contributed by atoms with Gasteiger partial charge in [0.1, 0.15) is 5.75 Å². The highest BCUT2D eigenvalue weighted by Gasteiger charge is 2.02. The zero-order valence-electron chi connectivity index (χ0n) is 14.4. The number of ether oxygens (including phenoxy) is 1. The molecule has 0 saturated carbocycles. The normalized spacial score (nSPS) is 10.6. The second kappa shape index (κ2) is 10.5. The van der Waals surface area contributed by atoms with Gasteiger partial charge in [-0.25, -0.2) is 0 Å². The summed E-state index contributed by atoms with van der Waals surface area (Å²) in [7, 11) is 0. The molecule has 0 aliphatic carbocycles. The van der Waals surface area contributed by atoms with Crippen LogP contribution in [0.3, 0.4) is 0 Å². The lowest BCUT2D eigenvalue weighted by atomic mass is 10.2. The first-order valence-electron chi connectivity index (χ1n) is 8.16. The smallest absolute Gasteiger partial charge is 0.170 e. The summed E-state index contributed by atoms with van der Waals surface area (Å²) < 4.78 is 5.68. The van der Waals surface area contributed by atoms with Gasteiger partial charge in [0.2, 0.25) is 0 Å². The van der Waals surface area contributed by atoms with Gasteiger partial charge in [-0.1, -0.05) is 29.8 Å². The Morgan fingerprint density at radius 1 is 1.20 bits per heavy atom. The van der Waals surface area contributed by atoms with Gasteiger partial charge >= 0.3 is 0 Å². The van der Waals surface area contributed by atoms with Gasteiger partial charge in [-0.15, -0.1) is 0 Å². The molecule has 0 aromatic heterocycles. The molecule has 0 saturated heterocycles. The van der Waals surface area contributed by atoms with E-state index >= 15 is 0 Å². The maximum Gasteiger partial charge on any atom is 0.170 e. The highest BCUT2D eigenvalue weighted by molar-refractivity contribution is 7.98. The van der Waals surface area contributed by atoms with Crippen molar-refractivity contribution in [2.24, 2.45) is 0 Å². The molecule has 0 spiro atoms. The van der Waals surface area contributed by atoms with Gasteiger partial charge in [-0.3, -0.25) is 0 Å². The van der Waals surface area contributed by atoms with Crippen LogP contribution in [0.25, 0.3) is 0 Å². The van der Waals surface area contributed by atoms with Crippen LogP contribution in [0.5, 0.6) is 5.75 Å². The van der Waals surface area contributed by atoms with Crippen molar-refractivity contribution < 1.29 is 4.74 Å². The molecule has 0 radical (unpaired) electrons.